The molecule has 1 aliphatic heterocycles. The molecule has 1 rings (SSSR count). The van der Waals surface area contributed by atoms with Crippen LogP contribution in [0.1, 0.15) is 20.8 Å². The summed E-state index contributed by atoms with van der Waals surface area (Å²) in [6, 6.07) is -1.63. The Hall–Kier alpha value is -1.89. The van der Waals surface area contributed by atoms with Gasteiger partial charge in [-0.15, -0.1) is 0 Å². The van der Waals surface area contributed by atoms with E-state index in [0.717, 1.165) is 20.8 Å². The van der Waals surface area contributed by atoms with Crippen molar-refractivity contribution in [3.63, 3.8) is 0 Å². The Kier molecular flexibility index (Phi) is 8.02. The molecule has 1 aliphatic rings. The maximum Gasteiger partial charge on any atom is 0.471 e. The molecule has 0 aromatic carbocycles. The SMILES string of the molecule is CC(=O)OC[C@H]1O[C@H](Br)[C@H](OC(C)=O)[C@@H](NC(=O)C(F)(F)F)[C@@H]1OC(C)=O. The van der Waals surface area contributed by atoms with E-state index in [1.165, 1.54) is 0 Å². The second kappa shape index (κ2) is 9.35. The Bertz CT molecular complexity index is 599. The minimum absolute atomic E-state index is 0.486. The molecule has 9 nitrogen and oxygen atoms in total. The van der Waals surface area contributed by atoms with Crippen LogP contribution < -0.4 is 5.32 Å². The van der Waals surface area contributed by atoms with Crippen molar-refractivity contribution in [1.29, 1.82) is 0 Å². The molecule has 0 aromatic heterocycles. The largest absolute Gasteiger partial charge is 0.471 e. The first-order valence-corrected chi connectivity index (χ1v) is 8.39. The summed E-state index contributed by atoms with van der Waals surface area (Å²) in [5.41, 5.74) is 0. The molecule has 0 unspecified atom stereocenters. The maximum absolute atomic E-state index is 12.7. The molecule has 5 atom stereocenters. The minimum Gasteiger partial charge on any atom is -0.463 e. The second-order valence-corrected chi connectivity index (χ2v) is 6.38. The molecular weight excluding hydrogens is 447 g/mol. The highest BCUT2D eigenvalue weighted by molar-refractivity contribution is 9.09. The Morgan fingerprint density at radius 3 is 1.96 bits per heavy atom. The molecule has 0 saturated carbocycles. The van der Waals surface area contributed by atoms with E-state index in [9.17, 15) is 32.3 Å². The van der Waals surface area contributed by atoms with Gasteiger partial charge in [-0.05, 0) is 0 Å². The third-order valence-electron chi connectivity index (χ3n) is 3.25. The quantitative estimate of drug-likeness (QED) is 0.357. The number of carbonyl (C=O) groups is 4. The van der Waals surface area contributed by atoms with Gasteiger partial charge in [-0.1, -0.05) is 15.9 Å². The van der Waals surface area contributed by atoms with E-state index in [0.29, 0.717) is 0 Å². The van der Waals surface area contributed by atoms with Gasteiger partial charge in [0.15, 0.2) is 17.2 Å². The van der Waals surface area contributed by atoms with Crippen LogP contribution in [-0.4, -0.2) is 66.0 Å². The van der Waals surface area contributed by atoms with E-state index >= 15 is 0 Å². The Labute approximate surface area is 159 Å². The monoisotopic (exact) mass is 463 g/mol. The summed E-state index contributed by atoms with van der Waals surface area (Å²) < 4.78 is 58.1. The van der Waals surface area contributed by atoms with E-state index in [4.69, 9.17) is 18.9 Å². The Morgan fingerprint density at radius 2 is 1.52 bits per heavy atom. The number of amides is 1. The molecule has 0 aromatic rings. The van der Waals surface area contributed by atoms with Crippen molar-refractivity contribution in [2.24, 2.45) is 0 Å². The van der Waals surface area contributed by atoms with Crippen LogP contribution in [0.25, 0.3) is 0 Å². The zero-order valence-corrected chi connectivity index (χ0v) is 16.0. The van der Waals surface area contributed by atoms with E-state index in [1.54, 1.807) is 5.32 Å². The van der Waals surface area contributed by atoms with Gasteiger partial charge in [-0.3, -0.25) is 19.2 Å². The third-order valence-corrected chi connectivity index (χ3v) is 3.98. The minimum atomic E-state index is -5.24. The van der Waals surface area contributed by atoms with Gasteiger partial charge in [0.2, 0.25) is 0 Å². The molecule has 1 amide bonds. The zero-order valence-electron chi connectivity index (χ0n) is 14.4. The van der Waals surface area contributed by atoms with Gasteiger partial charge >= 0.3 is 30.0 Å². The average molecular weight is 464 g/mol. The number of esters is 3. The molecule has 1 fully saturated rings. The topological polar surface area (TPSA) is 117 Å². The maximum atomic E-state index is 12.7. The molecule has 0 spiro atoms. The van der Waals surface area contributed by atoms with Crippen LogP contribution in [0.5, 0.6) is 0 Å². The lowest BCUT2D eigenvalue weighted by Gasteiger charge is -2.43. The number of hydrogen-bond donors (Lipinski definition) is 1. The molecule has 1 heterocycles. The van der Waals surface area contributed by atoms with Crippen molar-refractivity contribution >= 4 is 39.7 Å². The molecular formula is C14H17BrF3NO8. The van der Waals surface area contributed by atoms with Gasteiger partial charge in [0.25, 0.3) is 0 Å². The van der Waals surface area contributed by atoms with Crippen molar-refractivity contribution in [2.75, 3.05) is 6.61 Å². The van der Waals surface area contributed by atoms with Crippen molar-refractivity contribution in [3.8, 4) is 0 Å². The van der Waals surface area contributed by atoms with E-state index in [2.05, 4.69) is 15.9 Å². The first-order chi connectivity index (χ1) is 12.3. The highest BCUT2D eigenvalue weighted by Gasteiger charge is 2.52. The number of halogens is 4. The summed E-state index contributed by atoms with van der Waals surface area (Å²) in [5, 5.41) is 0.461. The molecule has 0 aliphatic carbocycles. The van der Waals surface area contributed by atoms with Crippen LogP contribution in [0.3, 0.4) is 0 Å². The lowest BCUT2D eigenvalue weighted by molar-refractivity contribution is -0.208. The normalized spacial score (nSPS) is 28.0. The van der Waals surface area contributed by atoms with Gasteiger partial charge in [0, 0.05) is 20.8 Å². The number of rotatable bonds is 5. The number of ether oxygens (including phenoxy) is 4. The number of hydrogen-bond acceptors (Lipinski definition) is 8. The average Bonchev–Trinajstić information content (AvgIpc) is 2.49. The molecule has 1 saturated heterocycles. The molecule has 0 bridgehead atoms. The van der Waals surface area contributed by atoms with Crippen LogP contribution in [0.4, 0.5) is 13.2 Å². The van der Waals surface area contributed by atoms with E-state index in [1.807, 2.05) is 0 Å². The van der Waals surface area contributed by atoms with Gasteiger partial charge < -0.3 is 24.3 Å². The summed E-state index contributed by atoms with van der Waals surface area (Å²) in [5.74, 6) is -4.84. The summed E-state index contributed by atoms with van der Waals surface area (Å²) in [7, 11) is 0. The van der Waals surface area contributed by atoms with Crippen molar-refractivity contribution in [3.05, 3.63) is 0 Å². The van der Waals surface area contributed by atoms with Gasteiger partial charge in [0.05, 0.1) is 0 Å². The number of alkyl halides is 4. The van der Waals surface area contributed by atoms with Crippen LogP contribution in [0.2, 0.25) is 0 Å². The van der Waals surface area contributed by atoms with E-state index < -0.39 is 66.0 Å². The van der Waals surface area contributed by atoms with Gasteiger partial charge in [-0.25, -0.2) is 0 Å². The fraction of sp³-hybridized carbons (Fsp3) is 0.714. The predicted molar refractivity (Wildman–Crippen MR) is 83.3 cm³/mol. The molecule has 154 valence electrons. The number of carbonyl (C=O) groups excluding carboxylic acids is 4. The standard InChI is InChI=1S/C14H17BrF3NO8/c1-5(20)24-4-8-10(25-6(2)21)9(19-13(23)14(16,17)18)11(12(15)27-8)26-7(3)22/h8-12H,4H2,1-3H3,(H,19,23)/t8-,9+,10-,11-,12+/m1/s1. The smallest absolute Gasteiger partial charge is 0.463 e. The van der Waals surface area contributed by atoms with Crippen molar-refractivity contribution < 1.29 is 51.3 Å². The second-order valence-electron chi connectivity index (χ2n) is 5.47. The fourth-order valence-electron chi connectivity index (χ4n) is 2.29. The molecule has 1 N–H and O–H groups in total. The first kappa shape index (κ1) is 23.1. The van der Waals surface area contributed by atoms with Crippen LogP contribution in [0.15, 0.2) is 0 Å². The predicted octanol–water partition coefficient (Wildman–Crippen LogP) is 0.580. The van der Waals surface area contributed by atoms with Crippen LogP contribution >= 0.6 is 15.9 Å². The first-order valence-electron chi connectivity index (χ1n) is 7.48. The molecule has 0 radical (unpaired) electrons. The lowest BCUT2D eigenvalue weighted by atomic mass is 9.96. The van der Waals surface area contributed by atoms with Crippen LogP contribution in [0, 0.1) is 0 Å². The van der Waals surface area contributed by atoms with Gasteiger partial charge in [0.1, 0.15) is 18.8 Å². The molecule has 13 heteroatoms. The Morgan fingerprint density at radius 1 is 1.00 bits per heavy atom. The summed E-state index contributed by atoms with van der Waals surface area (Å²) in [6.45, 7) is 2.57. The third kappa shape index (κ3) is 6.97. The summed E-state index contributed by atoms with van der Waals surface area (Å²) >= 11 is 2.99. The highest BCUT2D eigenvalue weighted by atomic mass is 79.9. The number of nitrogens with one attached hydrogen (secondary N) is 1. The highest BCUT2D eigenvalue weighted by Crippen LogP contribution is 2.30. The van der Waals surface area contributed by atoms with Gasteiger partial charge in [-0.2, -0.15) is 13.2 Å². The van der Waals surface area contributed by atoms with Crippen molar-refractivity contribution in [1.82, 2.24) is 5.32 Å². The molecule has 27 heavy (non-hydrogen) atoms. The Balaban J connectivity index is 3.23. The van der Waals surface area contributed by atoms with Crippen molar-refractivity contribution in [2.45, 2.75) is 56.3 Å². The van der Waals surface area contributed by atoms with E-state index in [-0.39, 0.29) is 0 Å². The fourth-order valence-corrected chi connectivity index (χ4v) is 3.01. The summed E-state index contributed by atoms with van der Waals surface area (Å²) in [4.78, 5) is 45.1. The zero-order chi connectivity index (χ0) is 20.9. The lowest BCUT2D eigenvalue weighted by Crippen LogP contribution is -2.66. The summed E-state index contributed by atoms with van der Waals surface area (Å²) in [6.07, 6.45) is -9.49. The van der Waals surface area contributed by atoms with Crippen LogP contribution in [-0.2, 0) is 38.1 Å².